The van der Waals surface area contributed by atoms with Crippen molar-refractivity contribution in [2.45, 2.75) is 11.8 Å². The molecule has 1 fully saturated rings. The molecule has 0 bridgehead atoms. The van der Waals surface area contributed by atoms with E-state index < -0.39 is 0 Å². The predicted octanol–water partition coefficient (Wildman–Crippen LogP) is 3.65. The van der Waals surface area contributed by atoms with Gasteiger partial charge < -0.3 is 19.7 Å². The molecule has 0 unspecified atom stereocenters. The summed E-state index contributed by atoms with van der Waals surface area (Å²) in [6.07, 6.45) is 0. The average Bonchev–Trinajstić information content (AvgIpc) is 3.28. The summed E-state index contributed by atoms with van der Waals surface area (Å²) in [5.41, 5.74) is 2.08. The molecule has 1 N–H and O–H groups in total. The van der Waals surface area contributed by atoms with Gasteiger partial charge >= 0.3 is 0 Å². The Morgan fingerprint density at radius 2 is 1.85 bits per heavy atom. The number of ether oxygens (including phenoxy) is 2. The van der Waals surface area contributed by atoms with Crippen LogP contribution >= 0.6 is 23.1 Å². The minimum absolute atomic E-state index is 0.0815. The van der Waals surface area contributed by atoms with E-state index in [1.165, 1.54) is 5.56 Å². The van der Waals surface area contributed by atoms with Gasteiger partial charge in [0.05, 0.1) is 24.7 Å². The molecule has 0 spiro atoms. The zero-order valence-electron chi connectivity index (χ0n) is 19.3. The number of thiazole rings is 1. The monoisotopic (exact) mass is 486 g/mol. The summed E-state index contributed by atoms with van der Waals surface area (Å²) < 4.78 is 12.0. The zero-order chi connectivity index (χ0) is 23.2. The summed E-state index contributed by atoms with van der Waals surface area (Å²) in [6, 6.07) is 12.2. The lowest BCUT2D eigenvalue weighted by molar-refractivity contribution is -0.118. The molecule has 3 aromatic rings. The third kappa shape index (κ3) is 5.90. The molecule has 9 heteroatoms. The number of thioether (sulfide) groups is 1. The number of benzene rings is 2. The number of nitrogens with zero attached hydrogens (tertiary/aromatic N) is 3. The topological polar surface area (TPSA) is 66.9 Å². The highest BCUT2D eigenvalue weighted by Crippen LogP contribution is 2.40. The highest BCUT2D eigenvalue weighted by atomic mass is 32.2. The molecule has 0 atom stereocenters. The first-order chi connectivity index (χ1) is 16.1. The maximum atomic E-state index is 12.2. The van der Waals surface area contributed by atoms with Crippen molar-refractivity contribution in [3.63, 3.8) is 0 Å². The number of nitrogens with one attached hydrogen (secondary N) is 1. The summed E-state index contributed by atoms with van der Waals surface area (Å²) in [5, 5.41) is 4.06. The molecule has 1 amide bonds. The fourth-order valence-corrected chi connectivity index (χ4v) is 5.53. The number of aromatic nitrogens is 1. The average molecular weight is 487 g/mol. The summed E-state index contributed by atoms with van der Waals surface area (Å²) in [7, 11) is 3.29. The van der Waals surface area contributed by atoms with E-state index in [1.807, 2.05) is 12.1 Å². The first kappa shape index (κ1) is 23.7. The van der Waals surface area contributed by atoms with Crippen LogP contribution in [0.2, 0.25) is 0 Å². The maximum absolute atomic E-state index is 12.2. The standard InChI is InChI=1S/C24H30N4O3S2/c1-17-4-6-18(7-5-17)32-16-21(29)25-10-11-27-12-14-28(15-13-27)24-26-22-20(33-24)9-8-19(30-2)23(22)31-3/h4-9H,10-16H2,1-3H3,(H,25,29). The molecule has 4 rings (SSSR count). The van der Waals surface area contributed by atoms with Crippen LogP contribution in [0.15, 0.2) is 41.3 Å². The van der Waals surface area contributed by atoms with Crippen molar-refractivity contribution in [1.82, 2.24) is 15.2 Å². The molecule has 1 aromatic heterocycles. The smallest absolute Gasteiger partial charge is 0.230 e. The van der Waals surface area contributed by atoms with Gasteiger partial charge in [-0.25, -0.2) is 4.98 Å². The Balaban J connectivity index is 1.21. The van der Waals surface area contributed by atoms with Crippen LogP contribution in [0.1, 0.15) is 5.56 Å². The first-order valence-corrected chi connectivity index (χ1v) is 12.8. The van der Waals surface area contributed by atoms with Crippen molar-refractivity contribution in [3.8, 4) is 11.5 Å². The van der Waals surface area contributed by atoms with Crippen LogP contribution in [0, 0.1) is 6.92 Å². The van der Waals surface area contributed by atoms with Crippen LogP contribution < -0.4 is 19.7 Å². The number of carbonyl (C=O) groups excluding carboxylic acids is 1. The van der Waals surface area contributed by atoms with Gasteiger partial charge in [0.1, 0.15) is 5.52 Å². The molecule has 1 saturated heterocycles. The number of anilines is 1. The second-order valence-corrected chi connectivity index (χ2v) is 9.98. The van der Waals surface area contributed by atoms with Crippen LogP contribution in [0.25, 0.3) is 10.2 Å². The fourth-order valence-electron chi connectivity index (χ4n) is 3.78. The number of carbonyl (C=O) groups is 1. The molecule has 1 aliphatic heterocycles. The Bertz CT molecular complexity index is 1080. The zero-order valence-corrected chi connectivity index (χ0v) is 20.9. The molecule has 7 nitrogen and oxygen atoms in total. The van der Waals surface area contributed by atoms with E-state index in [9.17, 15) is 4.79 Å². The van der Waals surface area contributed by atoms with Crippen LogP contribution in [-0.4, -0.2) is 75.0 Å². The molecule has 33 heavy (non-hydrogen) atoms. The van der Waals surface area contributed by atoms with Crippen LogP contribution in [0.4, 0.5) is 5.13 Å². The molecule has 1 aliphatic rings. The van der Waals surface area contributed by atoms with Gasteiger partial charge in [-0.3, -0.25) is 9.69 Å². The third-order valence-corrected chi connectivity index (χ3v) is 7.77. The van der Waals surface area contributed by atoms with E-state index in [2.05, 4.69) is 46.3 Å². The summed E-state index contributed by atoms with van der Waals surface area (Å²) >= 11 is 3.25. The predicted molar refractivity (Wildman–Crippen MR) is 136 cm³/mol. The molecule has 0 aliphatic carbocycles. The molecule has 2 heterocycles. The van der Waals surface area contributed by atoms with Crippen molar-refractivity contribution in [3.05, 3.63) is 42.0 Å². The molecule has 0 radical (unpaired) electrons. The number of fused-ring (bicyclic) bond motifs is 1. The minimum atomic E-state index is 0.0815. The quantitative estimate of drug-likeness (QED) is 0.463. The molecular weight excluding hydrogens is 456 g/mol. The number of methoxy groups -OCH3 is 2. The van der Waals surface area contributed by atoms with Gasteiger partial charge in [0.15, 0.2) is 16.6 Å². The summed E-state index contributed by atoms with van der Waals surface area (Å²) in [4.78, 5) is 22.8. The van der Waals surface area contributed by atoms with Gasteiger partial charge in [-0.15, -0.1) is 11.8 Å². The van der Waals surface area contributed by atoms with Gasteiger partial charge in [0.2, 0.25) is 5.91 Å². The van der Waals surface area contributed by atoms with Crippen molar-refractivity contribution in [2.75, 3.05) is 64.1 Å². The lowest BCUT2D eigenvalue weighted by Gasteiger charge is -2.34. The van der Waals surface area contributed by atoms with Gasteiger partial charge in [0, 0.05) is 44.2 Å². The molecule has 2 aromatic carbocycles. The second-order valence-electron chi connectivity index (χ2n) is 7.92. The van der Waals surface area contributed by atoms with Crippen molar-refractivity contribution in [2.24, 2.45) is 0 Å². The summed E-state index contributed by atoms with van der Waals surface area (Å²) in [5.74, 6) is 1.92. The number of piperazine rings is 1. The van der Waals surface area contributed by atoms with E-state index in [1.54, 1.807) is 37.3 Å². The number of hydrogen-bond donors (Lipinski definition) is 1. The van der Waals surface area contributed by atoms with Crippen molar-refractivity contribution in [1.29, 1.82) is 0 Å². The minimum Gasteiger partial charge on any atom is -0.493 e. The largest absolute Gasteiger partial charge is 0.493 e. The van der Waals surface area contributed by atoms with Gasteiger partial charge in [-0.1, -0.05) is 29.0 Å². The van der Waals surface area contributed by atoms with E-state index in [0.29, 0.717) is 23.8 Å². The van der Waals surface area contributed by atoms with Gasteiger partial charge in [-0.2, -0.15) is 0 Å². The molecule has 0 saturated carbocycles. The number of amides is 1. The first-order valence-electron chi connectivity index (χ1n) is 11.0. The highest BCUT2D eigenvalue weighted by Gasteiger charge is 2.21. The fraction of sp³-hybridized carbons (Fsp3) is 0.417. The normalized spacial score (nSPS) is 14.5. The van der Waals surface area contributed by atoms with E-state index >= 15 is 0 Å². The SMILES string of the molecule is COc1ccc2sc(N3CCN(CCNC(=O)CSc4ccc(C)cc4)CC3)nc2c1OC. The molecular formula is C24H30N4O3S2. The number of rotatable bonds is 9. The van der Waals surface area contributed by atoms with E-state index in [0.717, 1.165) is 53.0 Å². The lowest BCUT2D eigenvalue weighted by Crippen LogP contribution is -2.48. The van der Waals surface area contributed by atoms with Crippen LogP contribution in [0.3, 0.4) is 0 Å². The third-order valence-electron chi connectivity index (χ3n) is 5.67. The van der Waals surface area contributed by atoms with Gasteiger partial charge in [0.25, 0.3) is 0 Å². The molecule has 176 valence electrons. The van der Waals surface area contributed by atoms with E-state index in [-0.39, 0.29) is 5.91 Å². The Morgan fingerprint density at radius 3 is 2.55 bits per heavy atom. The Labute approximate surface area is 203 Å². The Hall–Kier alpha value is -2.49. The highest BCUT2D eigenvalue weighted by molar-refractivity contribution is 8.00. The van der Waals surface area contributed by atoms with Crippen LogP contribution in [-0.2, 0) is 4.79 Å². The van der Waals surface area contributed by atoms with Crippen molar-refractivity contribution < 1.29 is 14.3 Å². The number of hydrogen-bond acceptors (Lipinski definition) is 8. The number of aryl methyl sites for hydroxylation is 1. The Kier molecular flexibility index (Phi) is 7.95. The Morgan fingerprint density at radius 1 is 1.09 bits per heavy atom. The van der Waals surface area contributed by atoms with Crippen LogP contribution in [0.5, 0.6) is 11.5 Å². The lowest BCUT2D eigenvalue weighted by atomic mass is 10.2. The van der Waals surface area contributed by atoms with Gasteiger partial charge in [-0.05, 0) is 31.2 Å². The summed E-state index contributed by atoms with van der Waals surface area (Å²) in [6.45, 7) is 7.32. The maximum Gasteiger partial charge on any atom is 0.230 e. The van der Waals surface area contributed by atoms with E-state index in [4.69, 9.17) is 14.5 Å². The second kappa shape index (κ2) is 11.1. The van der Waals surface area contributed by atoms with Crippen molar-refractivity contribution >= 4 is 44.4 Å².